The van der Waals surface area contributed by atoms with E-state index in [9.17, 15) is 10.2 Å². The Kier molecular flexibility index (Phi) is 5.58. The quantitative estimate of drug-likeness (QED) is 0.733. The first-order valence-electron chi connectivity index (χ1n) is 6.11. The van der Waals surface area contributed by atoms with Crippen LogP contribution in [0.5, 0.6) is 5.75 Å². The van der Waals surface area contributed by atoms with Crippen LogP contribution in [0.2, 0.25) is 0 Å². The Bertz CT molecular complexity index is 365. The lowest BCUT2D eigenvalue weighted by molar-refractivity contribution is 0.00958. The van der Waals surface area contributed by atoms with E-state index in [2.05, 4.69) is 5.10 Å². The summed E-state index contributed by atoms with van der Waals surface area (Å²) < 4.78 is 6.86. The maximum absolute atomic E-state index is 10.1. The third-order valence-corrected chi connectivity index (χ3v) is 2.89. The van der Waals surface area contributed by atoms with Crippen LogP contribution < -0.4 is 4.74 Å². The number of nitrogens with zero attached hydrogens (tertiary/aromatic N) is 3. The number of aromatic nitrogens is 2. The minimum absolute atomic E-state index is 0.475. The molecule has 18 heavy (non-hydrogen) atoms. The zero-order valence-corrected chi connectivity index (χ0v) is 11.5. The number of hydrogen-bond acceptors (Lipinski definition) is 5. The Balaban J connectivity index is 2.94. The molecule has 6 nitrogen and oxygen atoms in total. The van der Waals surface area contributed by atoms with Crippen molar-refractivity contribution in [2.24, 2.45) is 0 Å². The number of methoxy groups -OCH3 is 1. The van der Waals surface area contributed by atoms with Crippen LogP contribution in [0, 0.1) is 0 Å². The molecule has 1 rings (SSSR count). The van der Waals surface area contributed by atoms with Crippen LogP contribution in [0.15, 0.2) is 6.20 Å². The fourth-order valence-corrected chi connectivity index (χ4v) is 1.71. The summed E-state index contributed by atoms with van der Waals surface area (Å²) in [5, 5.41) is 24.1. The number of hydrogen-bond donors (Lipinski definition) is 2. The van der Waals surface area contributed by atoms with Crippen molar-refractivity contribution in [3.63, 3.8) is 0 Å². The Morgan fingerprint density at radius 3 is 2.61 bits per heavy atom. The average molecular weight is 257 g/mol. The first kappa shape index (κ1) is 14.9. The molecule has 0 bridgehead atoms. The highest BCUT2D eigenvalue weighted by Crippen LogP contribution is 2.28. The third kappa shape index (κ3) is 3.44. The van der Waals surface area contributed by atoms with Crippen molar-refractivity contribution in [2.45, 2.75) is 32.1 Å². The van der Waals surface area contributed by atoms with Gasteiger partial charge in [0.2, 0.25) is 0 Å². The molecule has 1 aromatic rings. The van der Waals surface area contributed by atoms with E-state index in [-0.39, 0.29) is 0 Å². The van der Waals surface area contributed by atoms with Crippen molar-refractivity contribution in [3.05, 3.63) is 11.9 Å². The lowest BCUT2D eigenvalue weighted by atomic mass is 10.1. The van der Waals surface area contributed by atoms with Crippen LogP contribution in [0.3, 0.4) is 0 Å². The second-order valence-corrected chi connectivity index (χ2v) is 4.55. The standard InChI is InChI=1S/C12H23N3O3/c1-5-9(16)12(17)11-10(18-4)8-13-15(11)7-6-14(2)3/h8-9,12,16-17H,5-7H2,1-4H3. The summed E-state index contributed by atoms with van der Waals surface area (Å²) in [6.07, 6.45) is 0.253. The van der Waals surface area contributed by atoms with Crippen molar-refractivity contribution in [2.75, 3.05) is 27.7 Å². The molecule has 0 saturated carbocycles. The van der Waals surface area contributed by atoms with Gasteiger partial charge in [0.1, 0.15) is 11.8 Å². The minimum Gasteiger partial charge on any atom is -0.493 e. The van der Waals surface area contributed by atoms with Gasteiger partial charge in [0.15, 0.2) is 5.75 Å². The van der Waals surface area contributed by atoms with E-state index in [1.807, 2.05) is 25.9 Å². The van der Waals surface area contributed by atoms with Gasteiger partial charge in [-0.15, -0.1) is 0 Å². The molecule has 2 atom stereocenters. The zero-order chi connectivity index (χ0) is 13.7. The molecule has 0 amide bonds. The highest BCUT2D eigenvalue weighted by atomic mass is 16.5. The van der Waals surface area contributed by atoms with Crippen LogP contribution in [-0.2, 0) is 6.54 Å². The van der Waals surface area contributed by atoms with Crippen LogP contribution in [-0.4, -0.2) is 58.7 Å². The van der Waals surface area contributed by atoms with Gasteiger partial charge in [-0.3, -0.25) is 4.68 Å². The van der Waals surface area contributed by atoms with Crippen molar-refractivity contribution in [3.8, 4) is 5.75 Å². The lowest BCUT2D eigenvalue weighted by Gasteiger charge is -2.19. The highest BCUT2D eigenvalue weighted by molar-refractivity contribution is 5.28. The Morgan fingerprint density at radius 2 is 2.11 bits per heavy atom. The van der Waals surface area contributed by atoms with E-state index in [0.29, 0.717) is 24.4 Å². The van der Waals surface area contributed by atoms with E-state index >= 15 is 0 Å². The number of ether oxygens (including phenoxy) is 1. The van der Waals surface area contributed by atoms with Crippen molar-refractivity contribution in [1.82, 2.24) is 14.7 Å². The van der Waals surface area contributed by atoms with Gasteiger partial charge in [-0.05, 0) is 20.5 Å². The van der Waals surface area contributed by atoms with Crippen molar-refractivity contribution >= 4 is 0 Å². The van der Waals surface area contributed by atoms with Crippen molar-refractivity contribution in [1.29, 1.82) is 0 Å². The Morgan fingerprint density at radius 1 is 1.44 bits per heavy atom. The number of likely N-dealkylation sites (N-methyl/N-ethyl adjacent to an activating group) is 1. The molecule has 0 fully saturated rings. The monoisotopic (exact) mass is 257 g/mol. The Hall–Kier alpha value is -1.11. The zero-order valence-electron chi connectivity index (χ0n) is 11.5. The van der Waals surface area contributed by atoms with Gasteiger partial charge in [0.25, 0.3) is 0 Å². The van der Waals surface area contributed by atoms with E-state index < -0.39 is 12.2 Å². The number of aliphatic hydroxyl groups excluding tert-OH is 2. The topological polar surface area (TPSA) is 70.7 Å². The Labute approximate surface area is 108 Å². The normalized spacial score (nSPS) is 14.8. The van der Waals surface area contributed by atoms with Crippen LogP contribution >= 0.6 is 0 Å². The average Bonchev–Trinajstić information content (AvgIpc) is 2.77. The molecule has 1 heterocycles. The molecule has 104 valence electrons. The summed E-state index contributed by atoms with van der Waals surface area (Å²) in [5.74, 6) is 0.508. The van der Waals surface area contributed by atoms with Gasteiger partial charge in [-0.25, -0.2) is 0 Å². The molecule has 0 radical (unpaired) electrons. The molecule has 0 saturated heterocycles. The summed E-state index contributed by atoms with van der Waals surface area (Å²) in [4.78, 5) is 2.03. The van der Waals surface area contributed by atoms with E-state index in [4.69, 9.17) is 4.74 Å². The van der Waals surface area contributed by atoms with Gasteiger partial charge < -0.3 is 19.8 Å². The molecule has 2 unspecified atom stereocenters. The van der Waals surface area contributed by atoms with Gasteiger partial charge in [0, 0.05) is 6.54 Å². The van der Waals surface area contributed by atoms with Crippen LogP contribution in [0.1, 0.15) is 25.1 Å². The predicted molar refractivity (Wildman–Crippen MR) is 68.6 cm³/mol. The maximum Gasteiger partial charge on any atom is 0.162 e. The fourth-order valence-electron chi connectivity index (χ4n) is 1.71. The number of aliphatic hydroxyl groups is 2. The summed E-state index contributed by atoms with van der Waals surface area (Å²) in [6.45, 7) is 3.26. The first-order chi connectivity index (χ1) is 8.51. The third-order valence-electron chi connectivity index (χ3n) is 2.89. The second-order valence-electron chi connectivity index (χ2n) is 4.55. The SMILES string of the molecule is CCC(O)C(O)c1c(OC)cnn1CCN(C)C. The summed E-state index contributed by atoms with van der Waals surface area (Å²) in [5.41, 5.74) is 0.536. The van der Waals surface area contributed by atoms with E-state index in [1.54, 1.807) is 10.9 Å². The van der Waals surface area contributed by atoms with Crippen LogP contribution in [0.25, 0.3) is 0 Å². The molecule has 0 aliphatic rings. The smallest absolute Gasteiger partial charge is 0.162 e. The second kappa shape index (κ2) is 6.72. The molecule has 0 spiro atoms. The lowest BCUT2D eigenvalue weighted by Crippen LogP contribution is -2.25. The van der Waals surface area contributed by atoms with Crippen LogP contribution in [0.4, 0.5) is 0 Å². The predicted octanol–water partition coefficient (Wildman–Crippen LogP) is 0.258. The fraction of sp³-hybridized carbons (Fsp3) is 0.750. The van der Waals surface area contributed by atoms with Gasteiger partial charge in [-0.1, -0.05) is 6.92 Å². The first-order valence-corrected chi connectivity index (χ1v) is 6.11. The molecule has 2 N–H and O–H groups in total. The molecular weight excluding hydrogens is 234 g/mol. The molecule has 0 aliphatic carbocycles. The van der Waals surface area contributed by atoms with Gasteiger partial charge in [0.05, 0.1) is 26.0 Å². The van der Waals surface area contributed by atoms with Gasteiger partial charge >= 0.3 is 0 Å². The minimum atomic E-state index is -0.977. The molecule has 6 heteroatoms. The maximum atomic E-state index is 10.1. The molecule has 1 aromatic heterocycles. The molecular formula is C12H23N3O3. The largest absolute Gasteiger partial charge is 0.493 e. The summed E-state index contributed by atoms with van der Waals surface area (Å²) in [6, 6.07) is 0. The van der Waals surface area contributed by atoms with E-state index in [0.717, 1.165) is 6.54 Å². The molecule has 0 aromatic carbocycles. The van der Waals surface area contributed by atoms with Crippen molar-refractivity contribution < 1.29 is 14.9 Å². The molecule has 0 aliphatic heterocycles. The summed E-state index contributed by atoms with van der Waals surface area (Å²) in [7, 11) is 5.47. The highest BCUT2D eigenvalue weighted by Gasteiger charge is 2.25. The number of rotatable bonds is 7. The summed E-state index contributed by atoms with van der Waals surface area (Å²) >= 11 is 0. The van der Waals surface area contributed by atoms with Gasteiger partial charge in [-0.2, -0.15) is 5.10 Å². The van der Waals surface area contributed by atoms with E-state index in [1.165, 1.54) is 7.11 Å².